The van der Waals surface area contributed by atoms with Gasteiger partial charge in [-0.25, -0.2) is 4.68 Å². The minimum absolute atomic E-state index is 0.0910. The number of rotatable bonds is 9. The third-order valence-corrected chi connectivity index (χ3v) is 6.72. The second-order valence-corrected chi connectivity index (χ2v) is 9.86. The molecule has 0 radical (unpaired) electrons. The lowest BCUT2D eigenvalue weighted by molar-refractivity contribution is -0.143. The zero-order valence-electron chi connectivity index (χ0n) is 21.6. The number of pyridine rings is 1. The number of ether oxygens (including phenoxy) is 2. The van der Waals surface area contributed by atoms with Crippen molar-refractivity contribution in [2.45, 2.75) is 51.9 Å². The Bertz CT molecular complexity index is 1450. The van der Waals surface area contributed by atoms with Gasteiger partial charge in [-0.3, -0.25) is 14.6 Å². The quantitative estimate of drug-likeness (QED) is 0.363. The standard InChI is InChI=1S/C28H30N6O4/c1-4-28(2,3)30-27(36)26(20-8-7-13-29-15-20)33(16-19-11-12-23-24(14-19)38-18-37-23)25(35)17-34-22-10-6-5-9-21(22)31-32-34/h5-15,26H,4,16-18H2,1-3H3,(H,30,36)/t26-/m0/s1. The van der Waals surface area contributed by atoms with E-state index in [1.54, 1.807) is 34.1 Å². The Labute approximate surface area is 220 Å². The van der Waals surface area contributed by atoms with E-state index in [9.17, 15) is 9.59 Å². The summed E-state index contributed by atoms with van der Waals surface area (Å²) in [5.74, 6) is 0.664. The van der Waals surface area contributed by atoms with Crippen LogP contribution in [-0.4, -0.2) is 49.0 Å². The molecule has 0 saturated heterocycles. The summed E-state index contributed by atoms with van der Waals surface area (Å²) in [6.45, 7) is 6.12. The minimum atomic E-state index is -0.928. The molecule has 2 amide bonds. The average molecular weight is 515 g/mol. The number of benzene rings is 2. The van der Waals surface area contributed by atoms with Gasteiger partial charge in [-0.1, -0.05) is 36.4 Å². The lowest BCUT2D eigenvalue weighted by Crippen LogP contribution is -2.50. The summed E-state index contributed by atoms with van der Waals surface area (Å²) in [6.07, 6.45) is 3.98. The summed E-state index contributed by atoms with van der Waals surface area (Å²) < 4.78 is 12.5. The fourth-order valence-corrected chi connectivity index (χ4v) is 4.31. The summed E-state index contributed by atoms with van der Waals surface area (Å²) in [5.41, 5.74) is 2.36. The Morgan fingerprint density at radius 1 is 1.11 bits per heavy atom. The molecule has 10 heteroatoms. The van der Waals surface area contributed by atoms with Gasteiger partial charge in [0.2, 0.25) is 18.6 Å². The van der Waals surface area contributed by atoms with Gasteiger partial charge in [-0.15, -0.1) is 5.10 Å². The molecular formula is C28H30N6O4. The van der Waals surface area contributed by atoms with Gasteiger partial charge in [0.1, 0.15) is 18.1 Å². The molecule has 2 aromatic heterocycles. The lowest BCUT2D eigenvalue weighted by atomic mass is 9.99. The van der Waals surface area contributed by atoms with Crippen molar-refractivity contribution in [1.82, 2.24) is 30.2 Å². The highest BCUT2D eigenvalue weighted by molar-refractivity contribution is 5.89. The molecular weight excluding hydrogens is 484 g/mol. The molecule has 196 valence electrons. The van der Waals surface area contributed by atoms with Crippen LogP contribution in [0, 0.1) is 0 Å². The Balaban J connectivity index is 1.54. The molecule has 0 aliphatic carbocycles. The third-order valence-electron chi connectivity index (χ3n) is 6.72. The van der Waals surface area contributed by atoms with E-state index >= 15 is 0 Å². The molecule has 1 aliphatic heterocycles. The van der Waals surface area contributed by atoms with Crippen molar-refractivity contribution in [3.8, 4) is 11.5 Å². The zero-order chi connectivity index (χ0) is 26.7. The molecule has 10 nitrogen and oxygen atoms in total. The van der Waals surface area contributed by atoms with Crippen molar-refractivity contribution in [3.63, 3.8) is 0 Å². The molecule has 1 atom stereocenters. The van der Waals surface area contributed by atoms with Gasteiger partial charge >= 0.3 is 0 Å². The summed E-state index contributed by atoms with van der Waals surface area (Å²) in [6, 6.07) is 15.6. The number of amides is 2. The molecule has 1 aliphatic rings. The molecule has 3 heterocycles. The molecule has 0 unspecified atom stereocenters. The monoisotopic (exact) mass is 514 g/mol. The van der Waals surface area contributed by atoms with Gasteiger partial charge < -0.3 is 19.7 Å². The van der Waals surface area contributed by atoms with E-state index in [1.807, 2.05) is 63.2 Å². The van der Waals surface area contributed by atoms with E-state index < -0.39 is 11.6 Å². The van der Waals surface area contributed by atoms with Crippen LogP contribution in [-0.2, 0) is 22.7 Å². The van der Waals surface area contributed by atoms with Gasteiger partial charge in [0, 0.05) is 30.0 Å². The molecule has 0 fully saturated rings. The summed E-state index contributed by atoms with van der Waals surface area (Å²) in [5, 5.41) is 11.5. The smallest absolute Gasteiger partial charge is 0.247 e. The van der Waals surface area contributed by atoms with Crippen LogP contribution in [0.25, 0.3) is 11.0 Å². The second kappa shape index (κ2) is 10.5. The van der Waals surface area contributed by atoms with Crippen LogP contribution >= 0.6 is 0 Å². The van der Waals surface area contributed by atoms with Gasteiger partial charge in [0.25, 0.3) is 0 Å². The molecule has 1 N–H and O–H groups in total. The van der Waals surface area contributed by atoms with E-state index in [-0.39, 0.29) is 31.7 Å². The van der Waals surface area contributed by atoms with Gasteiger partial charge in [-0.2, -0.15) is 0 Å². The van der Waals surface area contributed by atoms with Crippen LogP contribution < -0.4 is 14.8 Å². The largest absolute Gasteiger partial charge is 0.454 e. The van der Waals surface area contributed by atoms with Gasteiger partial charge in [0.15, 0.2) is 11.5 Å². The average Bonchev–Trinajstić information content (AvgIpc) is 3.55. The normalized spacial score (nSPS) is 13.3. The highest BCUT2D eigenvalue weighted by atomic mass is 16.7. The topological polar surface area (TPSA) is 111 Å². The second-order valence-electron chi connectivity index (χ2n) is 9.86. The van der Waals surface area contributed by atoms with Crippen LogP contribution in [0.2, 0.25) is 0 Å². The number of nitrogens with zero attached hydrogens (tertiary/aromatic N) is 5. The predicted molar refractivity (Wildman–Crippen MR) is 140 cm³/mol. The fourth-order valence-electron chi connectivity index (χ4n) is 4.31. The Morgan fingerprint density at radius 3 is 2.71 bits per heavy atom. The number of fused-ring (bicyclic) bond motifs is 2. The molecule has 0 spiro atoms. The molecule has 4 aromatic rings. The molecule has 0 saturated carbocycles. The molecule has 2 aromatic carbocycles. The van der Waals surface area contributed by atoms with Crippen molar-refractivity contribution in [2.75, 3.05) is 6.79 Å². The maximum absolute atomic E-state index is 14.0. The Kier molecular flexibility index (Phi) is 6.95. The van der Waals surface area contributed by atoms with Gasteiger partial charge in [-0.05, 0) is 56.2 Å². The van der Waals surface area contributed by atoms with Crippen molar-refractivity contribution >= 4 is 22.8 Å². The van der Waals surface area contributed by atoms with Crippen LogP contribution in [0.3, 0.4) is 0 Å². The summed E-state index contributed by atoms with van der Waals surface area (Å²) in [4.78, 5) is 33.7. The number of para-hydroxylation sites is 1. The lowest BCUT2D eigenvalue weighted by Gasteiger charge is -2.34. The van der Waals surface area contributed by atoms with E-state index in [0.717, 1.165) is 17.5 Å². The summed E-state index contributed by atoms with van der Waals surface area (Å²) >= 11 is 0. The van der Waals surface area contributed by atoms with Crippen LogP contribution in [0.15, 0.2) is 67.0 Å². The number of nitrogens with one attached hydrogen (secondary N) is 1. The highest BCUT2D eigenvalue weighted by Gasteiger charge is 2.34. The molecule has 0 bridgehead atoms. The SMILES string of the molecule is CCC(C)(C)NC(=O)[C@H](c1cccnc1)N(Cc1ccc2c(c1)OCO2)C(=O)Cn1nnc2ccccc21. The first-order chi connectivity index (χ1) is 18.3. The fraction of sp³-hybridized carbons (Fsp3) is 0.321. The van der Waals surface area contributed by atoms with Crippen molar-refractivity contribution in [1.29, 1.82) is 0 Å². The maximum Gasteiger partial charge on any atom is 0.247 e. The van der Waals surface area contributed by atoms with E-state index in [0.29, 0.717) is 22.6 Å². The summed E-state index contributed by atoms with van der Waals surface area (Å²) in [7, 11) is 0. The zero-order valence-corrected chi connectivity index (χ0v) is 21.6. The predicted octanol–water partition coefficient (Wildman–Crippen LogP) is 3.63. The minimum Gasteiger partial charge on any atom is -0.454 e. The highest BCUT2D eigenvalue weighted by Crippen LogP contribution is 2.34. The van der Waals surface area contributed by atoms with Crippen molar-refractivity contribution in [2.24, 2.45) is 0 Å². The first-order valence-corrected chi connectivity index (χ1v) is 12.5. The number of hydrogen-bond donors (Lipinski definition) is 1. The molecule has 5 rings (SSSR count). The maximum atomic E-state index is 14.0. The number of hydrogen-bond acceptors (Lipinski definition) is 7. The van der Waals surface area contributed by atoms with E-state index in [1.165, 1.54) is 0 Å². The number of aromatic nitrogens is 4. The van der Waals surface area contributed by atoms with Crippen LogP contribution in [0.4, 0.5) is 0 Å². The van der Waals surface area contributed by atoms with Crippen molar-refractivity contribution in [3.05, 3.63) is 78.1 Å². The first kappa shape index (κ1) is 25.2. The van der Waals surface area contributed by atoms with E-state index in [2.05, 4.69) is 20.6 Å². The van der Waals surface area contributed by atoms with Crippen molar-refractivity contribution < 1.29 is 19.1 Å². The van der Waals surface area contributed by atoms with Crippen LogP contribution in [0.5, 0.6) is 11.5 Å². The molecule has 38 heavy (non-hydrogen) atoms. The Hall–Kier alpha value is -4.47. The number of carbonyl (C=O) groups is 2. The third kappa shape index (κ3) is 5.29. The number of carbonyl (C=O) groups excluding carboxylic acids is 2. The van der Waals surface area contributed by atoms with E-state index in [4.69, 9.17) is 9.47 Å². The Morgan fingerprint density at radius 2 is 1.92 bits per heavy atom. The first-order valence-electron chi connectivity index (χ1n) is 12.5. The van der Waals surface area contributed by atoms with Gasteiger partial charge in [0.05, 0.1) is 5.52 Å². The van der Waals surface area contributed by atoms with Crippen LogP contribution in [0.1, 0.15) is 44.4 Å².